The first-order valence-electron chi connectivity index (χ1n) is 4.15. The van der Waals surface area contributed by atoms with Crippen molar-refractivity contribution in [3.8, 4) is 11.6 Å². The minimum absolute atomic E-state index is 0.229. The molecule has 1 aromatic heterocycles. The highest BCUT2D eigenvalue weighted by Gasteiger charge is 2.04. The molecule has 5 heteroatoms. The fraction of sp³-hybridized carbons (Fsp3) is 0. The van der Waals surface area contributed by atoms with Gasteiger partial charge in [0, 0.05) is 17.4 Å². The summed E-state index contributed by atoms with van der Waals surface area (Å²) in [6.45, 7) is 0. The van der Waals surface area contributed by atoms with Crippen LogP contribution < -0.4 is 4.74 Å². The molecule has 2 aromatic rings. The van der Waals surface area contributed by atoms with E-state index in [1.54, 1.807) is 24.3 Å². The Labute approximate surface area is 96.6 Å². The van der Waals surface area contributed by atoms with Gasteiger partial charge in [-0.05, 0) is 24.3 Å². The SMILES string of the molecule is Clc1ccc(Oc2nccnc2Cl)cc1. The maximum Gasteiger partial charge on any atom is 0.257 e. The summed E-state index contributed by atoms with van der Waals surface area (Å²) in [5.41, 5.74) is 0. The zero-order valence-corrected chi connectivity index (χ0v) is 9.03. The summed E-state index contributed by atoms with van der Waals surface area (Å²) >= 11 is 11.5. The Bertz CT molecular complexity index is 459. The molecular formula is C10H6Cl2N2O. The number of halogens is 2. The molecule has 0 saturated carbocycles. The van der Waals surface area contributed by atoms with E-state index in [-0.39, 0.29) is 11.0 Å². The average Bonchev–Trinajstić information content (AvgIpc) is 2.25. The van der Waals surface area contributed by atoms with Gasteiger partial charge in [0.05, 0.1) is 0 Å². The van der Waals surface area contributed by atoms with Crippen LogP contribution in [-0.4, -0.2) is 9.97 Å². The molecule has 0 aliphatic heterocycles. The zero-order chi connectivity index (χ0) is 10.7. The van der Waals surface area contributed by atoms with Crippen molar-refractivity contribution < 1.29 is 4.74 Å². The average molecular weight is 241 g/mol. The molecular weight excluding hydrogens is 235 g/mol. The summed E-state index contributed by atoms with van der Waals surface area (Å²) in [5.74, 6) is 0.892. The van der Waals surface area contributed by atoms with Crippen LogP contribution in [0.25, 0.3) is 0 Å². The van der Waals surface area contributed by atoms with Crippen molar-refractivity contribution in [1.82, 2.24) is 9.97 Å². The first kappa shape index (κ1) is 10.2. The van der Waals surface area contributed by atoms with E-state index >= 15 is 0 Å². The fourth-order valence-corrected chi connectivity index (χ4v) is 1.26. The van der Waals surface area contributed by atoms with Gasteiger partial charge < -0.3 is 4.74 Å². The van der Waals surface area contributed by atoms with E-state index in [0.29, 0.717) is 10.8 Å². The molecule has 0 atom stereocenters. The molecule has 76 valence electrons. The van der Waals surface area contributed by atoms with Gasteiger partial charge in [0.1, 0.15) is 5.75 Å². The predicted octanol–water partition coefficient (Wildman–Crippen LogP) is 3.58. The maximum absolute atomic E-state index is 5.78. The van der Waals surface area contributed by atoms with Crippen molar-refractivity contribution >= 4 is 23.2 Å². The van der Waals surface area contributed by atoms with Gasteiger partial charge in [-0.1, -0.05) is 23.2 Å². The second-order valence-corrected chi connectivity index (χ2v) is 3.50. The lowest BCUT2D eigenvalue weighted by molar-refractivity contribution is 0.460. The Morgan fingerprint density at radius 3 is 2.27 bits per heavy atom. The Kier molecular flexibility index (Phi) is 3.04. The van der Waals surface area contributed by atoms with Crippen LogP contribution in [0.3, 0.4) is 0 Å². The van der Waals surface area contributed by atoms with E-state index in [4.69, 9.17) is 27.9 Å². The van der Waals surface area contributed by atoms with E-state index in [1.165, 1.54) is 12.4 Å². The summed E-state index contributed by atoms with van der Waals surface area (Å²) in [6, 6.07) is 6.91. The Morgan fingerprint density at radius 1 is 0.933 bits per heavy atom. The number of rotatable bonds is 2. The molecule has 1 aromatic carbocycles. The van der Waals surface area contributed by atoms with Crippen molar-refractivity contribution in [3.63, 3.8) is 0 Å². The molecule has 0 fully saturated rings. The first-order valence-corrected chi connectivity index (χ1v) is 4.91. The van der Waals surface area contributed by atoms with Gasteiger partial charge in [-0.25, -0.2) is 9.97 Å². The highest BCUT2D eigenvalue weighted by molar-refractivity contribution is 6.30. The van der Waals surface area contributed by atoms with Crippen LogP contribution in [0.15, 0.2) is 36.7 Å². The van der Waals surface area contributed by atoms with E-state index in [1.807, 2.05) is 0 Å². The van der Waals surface area contributed by atoms with Gasteiger partial charge in [-0.2, -0.15) is 0 Å². The molecule has 0 spiro atoms. The quantitative estimate of drug-likeness (QED) is 0.805. The van der Waals surface area contributed by atoms with Crippen LogP contribution >= 0.6 is 23.2 Å². The first-order chi connectivity index (χ1) is 7.25. The Balaban J connectivity index is 2.22. The van der Waals surface area contributed by atoms with E-state index in [0.717, 1.165) is 0 Å². The van der Waals surface area contributed by atoms with Crippen molar-refractivity contribution in [3.05, 3.63) is 46.8 Å². The second kappa shape index (κ2) is 4.47. The number of hydrogen-bond donors (Lipinski definition) is 0. The standard InChI is InChI=1S/C10H6Cl2N2O/c11-7-1-3-8(4-2-7)15-10-9(12)13-5-6-14-10/h1-6H. The van der Waals surface area contributed by atoms with Crippen LogP contribution in [0, 0.1) is 0 Å². The van der Waals surface area contributed by atoms with Crippen molar-refractivity contribution in [2.75, 3.05) is 0 Å². The maximum atomic E-state index is 5.78. The lowest BCUT2D eigenvalue weighted by Gasteiger charge is -2.04. The largest absolute Gasteiger partial charge is 0.436 e. The third-order valence-electron chi connectivity index (χ3n) is 1.65. The lowest BCUT2D eigenvalue weighted by atomic mass is 10.3. The molecule has 1 heterocycles. The van der Waals surface area contributed by atoms with Crippen LogP contribution in [0.2, 0.25) is 10.2 Å². The molecule has 0 saturated heterocycles. The summed E-state index contributed by atoms with van der Waals surface area (Å²) in [6.07, 6.45) is 3.01. The molecule has 2 rings (SSSR count). The number of benzene rings is 1. The summed E-state index contributed by atoms with van der Waals surface area (Å²) < 4.78 is 5.40. The van der Waals surface area contributed by atoms with Gasteiger partial charge >= 0.3 is 0 Å². The molecule has 15 heavy (non-hydrogen) atoms. The lowest BCUT2D eigenvalue weighted by Crippen LogP contribution is -1.89. The second-order valence-electron chi connectivity index (χ2n) is 2.71. The summed E-state index contributed by atoms with van der Waals surface area (Å²) in [7, 11) is 0. The Hall–Kier alpha value is -1.32. The van der Waals surface area contributed by atoms with Crippen molar-refractivity contribution in [2.45, 2.75) is 0 Å². The molecule has 0 aliphatic rings. The zero-order valence-electron chi connectivity index (χ0n) is 7.52. The van der Waals surface area contributed by atoms with Gasteiger partial charge in [-0.15, -0.1) is 0 Å². The topological polar surface area (TPSA) is 35.0 Å². The molecule has 0 aliphatic carbocycles. The number of ether oxygens (including phenoxy) is 1. The van der Waals surface area contributed by atoms with E-state index in [2.05, 4.69) is 9.97 Å². The van der Waals surface area contributed by atoms with Gasteiger partial charge in [0.15, 0.2) is 5.15 Å². The minimum atomic E-state index is 0.229. The van der Waals surface area contributed by atoms with E-state index in [9.17, 15) is 0 Å². The monoisotopic (exact) mass is 240 g/mol. The van der Waals surface area contributed by atoms with Gasteiger partial charge in [0.25, 0.3) is 5.88 Å². The van der Waals surface area contributed by atoms with Gasteiger partial charge in [-0.3, -0.25) is 0 Å². The molecule has 0 amide bonds. The normalized spacial score (nSPS) is 10.0. The summed E-state index contributed by atoms with van der Waals surface area (Å²) in [4.78, 5) is 7.79. The minimum Gasteiger partial charge on any atom is -0.436 e. The smallest absolute Gasteiger partial charge is 0.257 e. The molecule has 0 unspecified atom stereocenters. The molecule has 0 bridgehead atoms. The van der Waals surface area contributed by atoms with Gasteiger partial charge in [0.2, 0.25) is 0 Å². The van der Waals surface area contributed by atoms with Crippen molar-refractivity contribution in [2.24, 2.45) is 0 Å². The molecule has 0 N–H and O–H groups in total. The molecule has 3 nitrogen and oxygen atoms in total. The third-order valence-corrected chi connectivity index (χ3v) is 2.16. The van der Waals surface area contributed by atoms with Crippen LogP contribution in [0.1, 0.15) is 0 Å². The fourth-order valence-electron chi connectivity index (χ4n) is 0.991. The van der Waals surface area contributed by atoms with Crippen LogP contribution in [0.5, 0.6) is 11.6 Å². The summed E-state index contributed by atoms with van der Waals surface area (Å²) in [5, 5.41) is 0.875. The number of aromatic nitrogens is 2. The Morgan fingerprint density at radius 2 is 1.60 bits per heavy atom. The predicted molar refractivity (Wildman–Crippen MR) is 58.6 cm³/mol. The number of hydrogen-bond acceptors (Lipinski definition) is 3. The highest BCUT2D eigenvalue weighted by atomic mass is 35.5. The number of nitrogens with zero attached hydrogens (tertiary/aromatic N) is 2. The van der Waals surface area contributed by atoms with Crippen LogP contribution in [0.4, 0.5) is 0 Å². The molecule has 0 radical (unpaired) electrons. The van der Waals surface area contributed by atoms with Crippen LogP contribution in [-0.2, 0) is 0 Å². The van der Waals surface area contributed by atoms with Crippen molar-refractivity contribution in [1.29, 1.82) is 0 Å². The highest BCUT2D eigenvalue weighted by Crippen LogP contribution is 2.25. The third kappa shape index (κ3) is 2.58. The van der Waals surface area contributed by atoms with E-state index < -0.39 is 0 Å².